The Labute approximate surface area is 100 Å². The lowest BCUT2D eigenvalue weighted by molar-refractivity contribution is 0.270. The lowest BCUT2D eigenvalue weighted by Crippen LogP contribution is -2.05. The Morgan fingerprint density at radius 2 is 2.06 bits per heavy atom. The van der Waals surface area contributed by atoms with Gasteiger partial charge in [0.05, 0.1) is 32.0 Å². The van der Waals surface area contributed by atoms with Gasteiger partial charge in [0.15, 0.2) is 0 Å². The van der Waals surface area contributed by atoms with Crippen molar-refractivity contribution in [3.63, 3.8) is 0 Å². The summed E-state index contributed by atoms with van der Waals surface area (Å²) < 4.78 is 7.02. The standard InChI is InChI=1S/C13H16N2O2/c1-10-5-3-4-6-11(10)8-15-13(17-2)12(9-16)7-14-15/h3-7,16H,8-9H2,1-2H3. The zero-order valence-corrected chi connectivity index (χ0v) is 10.1. The molecule has 0 bridgehead atoms. The van der Waals surface area contributed by atoms with Crippen LogP contribution in [0.15, 0.2) is 30.5 Å². The lowest BCUT2D eigenvalue weighted by Gasteiger charge is -2.09. The first kappa shape index (κ1) is 11.7. The van der Waals surface area contributed by atoms with Crippen LogP contribution < -0.4 is 4.74 Å². The molecule has 0 spiro atoms. The van der Waals surface area contributed by atoms with Gasteiger partial charge in [-0.1, -0.05) is 24.3 Å². The molecule has 0 aliphatic rings. The second-order valence-electron chi connectivity index (χ2n) is 3.92. The van der Waals surface area contributed by atoms with Gasteiger partial charge in [-0.3, -0.25) is 0 Å². The summed E-state index contributed by atoms with van der Waals surface area (Å²) >= 11 is 0. The first-order valence-electron chi connectivity index (χ1n) is 5.50. The van der Waals surface area contributed by atoms with E-state index in [1.165, 1.54) is 11.1 Å². The average Bonchev–Trinajstić information content (AvgIpc) is 2.74. The number of aryl methyl sites for hydroxylation is 1. The summed E-state index contributed by atoms with van der Waals surface area (Å²) in [6.45, 7) is 2.66. The predicted octanol–water partition coefficient (Wildman–Crippen LogP) is 1.74. The molecular formula is C13H16N2O2. The van der Waals surface area contributed by atoms with Crippen molar-refractivity contribution in [2.75, 3.05) is 7.11 Å². The molecular weight excluding hydrogens is 216 g/mol. The molecule has 1 N–H and O–H groups in total. The van der Waals surface area contributed by atoms with E-state index in [1.807, 2.05) is 12.1 Å². The van der Waals surface area contributed by atoms with E-state index < -0.39 is 0 Å². The Kier molecular flexibility index (Phi) is 3.44. The van der Waals surface area contributed by atoms with Gasteiger partial charge in [-0.25, -0.2) is 4.68 Å². The third-order valence-corrected chi connectivity index (χ3v) is 2.81. The zero-order valence-electron chi connectivity index (χ0n) is 10.1. The Hall–Kier alpha value is -1.81. The summed E-state index contributed by atoms with van der Waals surface area (Å²) in [5, 5.41) is 13.4. The minimum absolute atomic E-state index is 0.0586. The minimum atomic E-state index is -0.0586. The fourth-order valence-corrected chi connectivity index (χ4v) is 1.82. The molecule has 0 aliphatic heterocycles. The molecule has 0 radical (unpaired) electrons. The Balaban J connectivity index is 2.30. The van der Waals surface area contributed by atoms with Gasteiger partial charge >= 0.3 is 0 Å². The number of rotatable bonds is 4. The highest BCUT2D eigenvalue weighted by atomic mass is 16.5. The molecule has 4 nitrogen and oxygen atoms in total. The highest BCUT2D eigenvalue weighted by Gasteiger charge is 2.11. The van der Waals surface area contributed by atoms with Crippen molar-refractivity contribution < 1.29 is 9.84 Å². The maximum atomic E-state index is 9.15. The van der Waals surface area contributed by atoms with E-state index in [1.54, 1.807) is 18.0 Å². The summed E-state index contributed by atoms with van der Waals surface area (Å²) in [4.78, 5) is 0. The van der Waals surface area contributed by atoms with Gasteiger partial charge in [-0.15, -0.1) is 0 Å². The number of aromatic nitrogens is 2. The van der Waals surface area contributed by atoms with Crippen LogP contribution >= 0.6 is 0 Å². The Morgan fingerprint density at radius 1 is 1.29 bits per heavy atom. The summed E-state index contributed by atoms with van der Waals surface area (Å²) in [6.07, 6.45) is 1.64. The summed E-state index contributed by atoms with van der Waals surface area (Å²) in [5.41, 5.74) is 3.12. The molecule has 2 rings (SSSR count). The van der Waals surface area contributed by atoms with Crippen molar-refractivity contribution in [1.29, 1.82) is 0 Å². The second-order valence-corrected chi connectivity index (χ2v) is 3.92. The van der Waals surface area contributed by atoms with Gasteiger partial charge < -0.3 is 9.84 Å². The van der Waals surface area contributed by atoms with Crippen LogP contribution in [0.3, 0.4) is 0 Å². The Bertz CT molecular complexity index is 506. The van der Waals surface area contributed by atoms with Crippen molar-refractivity contribution in [3.05, 3.63) is 47.2 Å². The van der Waals surface area contributed by atoms with Crippen LogP contribution in [-0.4, -0.2) is 22.0 Å². The maximum absolute atomic E-state index is 9.15. The number of ether oxygens (including phenoxy) is 1. The first-order valence-corrected chi connectivity index (χ1v) is 5.50. The second kappa shape index (κ2) is 5.01. The SMILES string of the molecule is COc1c(CO)cnn1Cc1ccccc1C. The molecule has 4 heteroatoms. The van der Waals surface area contributed by atoms with E-state index in [9.17, 15) is 0 Å². The van der Waals surface area contributed by atoms with E-state index in [0.717, 1.165) is 0 Å². The van der Waals surface area contributed by atoms with Gasteiger partial charge in [0.1, 0.15) is 0 Å². The normalized spacial score (nSPS) is 10.5. The molecule has 0 saturated heterocycles. The zero-order chi connectivity index (χ0) is 12.3. The van der Waals surface area contributed by atoms with Crippen LogP contribution in [0.2, 0.25) is 0 Å². The van der Waals surface area contributed by atoms with Gasteiger partial charge in [0.2, 0.25) is 5.88 Å². The number of nitrogens with zero attached hydrogens (tertiary/aromatic N) is 2. The fourth-order valence-electron chi connectivity index (χ4n) is 1.82. The largest absolute Gasteiger partial charge is 0.481 e. The van der Waals surface area contributed by atoms with Gasteiger partial charge in [0, 0.05) is 0 Å². The highest BCUT2D eigenvalue weighted by molar-refractivity contribution is 5.29. The van der Waals surface area contributed by atoms with Crippen LogP contribution in [0, 0.1) is 6.92 Å². The van der Waals surface area contributed by atoms with Crippen molar-refractivity contribution in [3.8, 4) is 5.88 Å². The molecule has 90 valence electrons. The molecule has 0 aliphatic carbocycles. The van der Waals surface area contributed by atoms with Crippen LogP contribution in [0.25, 0.3) is 0 Å². The van der Waals surface area contributed by atoms with Gasteiger partial charge in [-0.2, -0.15) is 5.10 Å². The fraction of sp³-hybridized carbons (Fsp3) is 0.308. The summed E-state index contributed by atoms with van der Waals surface area (Å²) in [7, 11) is 1.59. The topological polar surface area (TPSA) is 47.3 Å². The molecule has 1 aromatic heterocycles. The van der Waals surface area contributed by atoms with Gasteiger partial charge in [-0.05, 0) is 18.1 Å². The number of hydrogen-bond donors (Lipinski definition) is 1. The third kappa shape index (κ3) is 2.31. The van der Waals surface area contributed by atoms with Crippen molar-refractivity contribution in [2.45, 2.75) is 20.1 Å². The van der Waals surface area contributed by atoms with Crippen molar-refractivity contribution in [2.24, 2.45) is 0 Å². The number of hydrogen-bond acceptors (Lipinski definition) is 3. The van der Waals surface area contributed by atoms with Crippen LogP contribution in [0.1, 0.15) is 16.7 Å². The maximum Gasteiger partial charge on any atom is 0.217 e. The van der Waals surface area contributed by atoms with E-state index in [4.69, 9.17) is 9.84 Å². The number of aliphatic hydroxyl groups is 1. The molecule has 2 aromatic rings. The molecule has 1 heterocycles. The van der Waals surface area contributed by atoms with Crippen molar-refractivity contribution in [1.82, 2.24) is 9.78 Å². The molecule has 1 aromatic carbocycles. The third-order valence-electron chi connectivity index (χ3n) is 2.81. The van der Waals surface area contributed by atoms with E-state index in [2.05, 4.69) is 24.2 Å². The Morgan fingerprint density at radius 3 is 2.71 bits per heavy atom. The van der Waals surface area contributed by atoms with Gasteiger partial charge in [0.25, 0.3) is 0 Å². The van der Waals surface area contributed by atoms with Crippen LogP contribution in [-0.2, 0) is 13.2 Å². The first-order chi connectivity index (χ1) is 8.26. The lowest BCUT2D eigenvalue weighted by atomic mass is 10.1. The predicted molar refractivity (Wildman–Crippen MR) is 65.0 cm³/mol. The average molecular weight is 232 g/mol. The van der Waals surface area contributed by atoms with Crippen LogP contribution in [0.4, 0.5) is 0 Å². The van der Waals surface area contributed by atoms with E-state index in [-0.39, 0.29) is 6.61 Å². The molecule has 17 heavy (non-hydrogen) atoms. The molecule has 0 fully saturated rings. The monoisotopic (exact) mass is 232 g/mol. The number of aliphatic hydroxyl groups excluding tert-OH is 1. The number of benzene rings is 1. The minimum Gasteiger partial charge on any atom is -0.481 e. The number of methoxy groups -OCH3 is 1. The van der Waals surface area contributed by atoms with Crippen molar-refractivity contribution >= 4 is 0 Å². The highest BCUT2D eigenvalue weighted by Crippen LogP contribution is 2.20. The summed E-state index contributed by atoms with van der Waals surface area (Å²) in [5.74, 6) is 0.621. The molecule has 0 amide bonds. The summed E-state index contributed by atoms with van der Waals surface area (Å²) in [6, 6.07) is 8.15. The molecule has 0 saturated carbocycles. The van der Waals surface area contributed by atoms with E-state index >= 15 is 0 Å². The molecule has 0 atom stereocenters. The van der Waals surface area contributed by atoms with Crippen LogP contribution in [0.5, 0.6) is 5.88 Å². The van der Waals surface area contributed by atoms with E-state index in [0.29, 0.717) is 18.0 Å². The quantitative estimate of drug-likeness (QED) is 0.873. The smallest absolute Gasteiger partial charge is 0.217 e. The molecule has 0 unspecified atom stereocenters.